The summed E-state index contributed by atoms with van der Waals surface area (Å²) in [7, 11) is 0. The second kappa shape index (κ2) is 5.84. The summed E-state index contributed by atoms with van der Waals surface area (Å²) in [5.74, 6) is 1.63. The number of carbonyl (C=O) groups is 2. The first-order valence-corrected chi connectivity index (χ1v) is 8.45. The van der Waals surface area contributed by atoms with E-state index in [0.717, 1.165) is 23.2 Å². The van der Waals surface area contributed by atoms with Crippen LogP contribution in [0.5, 0.6) is 0 Å². The summed E-state index contributed by atoms with van der Waals surface area (Å²) >= 11 is 0. The SMILES string of the molecule is O=C(C[C@H]1C[C@H]2CC[C@H]1C2)OCC(=O)c1c[nH]c2ccccc12. The van der Waals surface area contributed by atoms with E-state index in [0.29, 0.717) is 23.8 Å². The maximum atomic E-state index is 12.3. The zero-order valence-electron chi connectivity index (χ0n) is 13.1. The Morgan fingerprint density at radius 3 is 2.83 bits per heavy atom. The predicted octanol–water partition coefficient (Wildman–Crippen LogP) is 3.72. The molecule has 1 heterocycles. The van der Waals surface area contributed by atoms with Crippen molar-refractivity contribution in [3.8, 4) is 0 Å². The molecule has 0 radical (unpaired) electrons. The van der Waals surface area contributed by atoms with Crippen LogP contribution < -0.4 is 0 Å². The van der Waals surface area contributed by atoms with Crippen LogP contribution in [-0.2, 0) is 9.53 Å². The topological polar surface area (TPSA) is 59.2 Å². The maximum absolute atomic E-state index is 12.3. The van der Waals surface area contributed by atoms with Gasteiger partial charge >= 0.3 is 5.97 Å². The summed E-state index contributed by atoms with van der Waals surface area (Å²) in [5.41, 5.74) is 1.51. The zero-order chi connectivity index (χ0) is 15.8. The fourth-order valence-corrected chi connectivity index (χ4v) is 4.43. The van der Waals surface area contributed by atoms with Gasteiger partial charge in [-0.05, 0) is 43.1 Å². The molecular formula is C19H21NO3. The fraction of sp³-hybridized carbons (Fsp3) is 0.474. The number of Topliss-reactive ketones (excluding diaryl/α,β-unsaturated/α-hetero) is 1. The average Bonchev–Trinajstić information content (AvgIpc) is 3.27. The number of ether oxygens (including phenoxy) is 1. The molecule has 1 aromatic carbocycles. The molecule has 2 aliphatic rings. The highest BCUT2D eigenvalue weighted by atomic mass is 16.5. The van der Waals surface area contributed by atoms with Gasteiger partial charge in [-0.15, -0.1) is 0 Å². The molecular weight excluding hydrogens is 290 g/mol. The lowest BCUT2D eigenvalue weighted by Gasteiger charge is -2.20. The highest BCUT2D eigenvalue weighted by molar-refractivity contribution is 6.08. The largest absolute Gasteiger partial charge is 0.457 e. The van der Waals surface area contributed by atoms with E-state index < -0.39 is 0 Å². The number of para-hydroxylation sites is 1. The number of hydrogen-bond donors (Lipinski definition) is 1. The summed E-state index contributed by atoms with van der Waals surface area (Å²) in [5, 5.41) is 0.877. The third-order valence-corrected chi connectivity index (χ3v) is 5.57. The van der Waals surface area contributed by atoms with Gasteiger partial charge in [0, 0.05) is 29.1 Å². The van der Waals surface area contributed by atoms with Crippen LogP contribution in [0.2, 0.25) is 0 Å². The number of rotatable bonds is 5. The standard InChI is InChI=1S/C19H21NO3/c21-18(16-10-20-17-4-2-1-3-15(16)17)11-23-19(22)9-14-8-12-5-6-13(14)7-12/h1-4,10,12-14,20H,5-9,11H2/t12-,13-,14+/m0/s1. The van der Waals surface area contributed by atoms with Crippen LogP contribution in [0.1, 0.15) is 42.5 Å². The number of ketones is 1. The number of H-pyrrole nitrogens is 1. The molecule has 3 atom stereocenters. The van der Waals surface area contributed by atoms with Gasteiger partial charge < -0.3 is 9.72 Å². The van der Waals surface area contributed by atoms with Crippen molar-refractivity contribution in [1.29, 1.82) is 0 Å². The molecule has 0 spiro atoms. The van der Waals surface area contributed by atoms with Crippen molar-refractivity contribution in [3.63, 3.8) is 0 Å². The first-order chi connectivity index (χ1) is 11.2. The van der Waals surface area contributed by atoms with Gasteiger partial charge in [0.1, 0.15) is 0 Å². The van der Waals surface area contributed by atoms with Crippen molar-refractivity contribution >= 4 is 22.7 Å². The van der Waals surface area contributed by atoms with Crippen LogP contribution in [0, 0.1) is 17.8 Å². The lowest BCUT2D eigenvalue weighted by Crippen LogP contribution is -2.19. The predicted molar refractivity (Wildman–Crippen MR) is 87.1 cm³/mol. The van der Waals surface area contributed by atoms with Gasteiger partial charge in [0.05, 0.1) is 0 Å². The highest BCUT2D eigenvalue weighted by Gasteiger charge is 2.40. The lowest BCUT2D eigenvalue weighted by atomic mass is 9.86. The number of nitrogens with one attached hydrogen (secondary N) is 1. The Morgan fingerprint density at radius 2 is 2.04 bits per heavy atom. The molecule has 0 amide bonds. The smallest absolute Gasteiger partial charge is 0.306 e. The van der Waals surface area contributed by atoms with Crippen LogP contribution >= 0.6 is 0 Å². The molecule has 0 saturated heterocycles. The molecule has 4 rings (SSSR count). The van der Waals surface area contributed by atoms with Gasteiger partial charge in [-0.3, -0.25) is 9.59 Å². The Morgan fingerprint density at radius 1 is 1.17 bits per heavy atom. The van der Waals surface area contributed by atoms with Crippen LogP contribution in [-0.4, -0.2) is 23.3 Å². The molecule has 4 nitrogen and oxygen atoms in total. The molecule has 4 heteroatoms. The normalized spacial score (nSPS) is 25.8. The number of fused-ring (bicyclic) bond motifs is 3. The lowest BCUT2D eigenvalue weighted by molar-refractivity contribution is -0.144. The number of aromatic nitrogens is 1. The number of esters is 1. The minimum atomic E-state index is -0.226. The van der Waals surface area contributed by atoms with E-state index in [1.807, 2.05) is 24.3 Å². The van der Waals surface area contributed by atoms with Crippen molar-refractivity contribution in [1.82, 2.24) is 4.98 Å². The minimum Gasteiger partial charge on any atom is -0.457 e. The molecule has 120 valence electrons. The highest BCUT2D eigenvalue weighted by Crippen LogP contribution is 2.49. The second-order valence-electron chi connectivity index (χ2n) is 6.97. The Labute approximate surface area is 135 Å². The van der Waals surface area contributed by atoms with Crippen molar-refractivity contribution in [2.75, 3.05) is 6.61 Å². The van der Waals surface area contributed by atoms with Crippen LogP contribution in [0.25, 0.3) is 10.9 Å². The summed E-state index contributed by atoms with van der Waals surface area (Å²) in [4.78, 5) is 27.4. The monoisotopic (exact) mass is 311 g/mol. The van der Waals surface area contributed by atoms with Crippen LogP contribution in [0.15, 0.2) is 30.5 Å². The van der Waals surface area contributed by atoms with E-state index in [-0.39, 0.29) is 18.4 Å². The van der Waals surface area contributed by atoms with Gasteiger partial charge in [-0.25, -0.2) is 0 Å². The van der Waals surface area contributed by atoms with Crippen molar-refractivity contribution in [2.45, 2.75) is 32.1 Å². The van der Waals surface area contributed by atoms with Crippen molar-refractivity contribution in [2.24, 2.45) is 17.8 Å². The Kier molecular flexibility index (Phi) is 3.68. The molecule has 2 fully saturated rings. The van der Waals surface area contributed by atoms with Gasteiger partial charge in [0.15, 0.2) is 6.61 Å². The van der Waals surface area contributed by atoms with Gasteiger partial charge in [0.2, 0.25) is 5.78 Å². The van der Waals surface area contributed by atoms with Crippen molar-refractivity contribution in [3.05, 3.63) is 36.0 Å². The summed E-state index contributed by atoms with van der Waals surface area (Å²) in [6, 6.07) is 7.64. The van der Waals surface area contributed by atoms with Gasteiger partial charge in [0.25, 0.3) is 0 Å². The fourth-order valence-electron chi connectivity index (χ4n) is 4.43. The van der Waals surface area contributed by atoms with E-state index in [1.54, 1.807) is 6.20 Å². The molecule has 2 saturated carbocycles. The molecule has 0 aliphatic heterocycles. The van der Waals surface area contributed by atoms with Crippen LogP contribution in [0.3, 0.4) is 0 Å². The quantitative estimate of drug-likeness (QED) is 0.676. The number of carbonyl (C=O) groups excluding carboxylic acids is 2. The molecule has 1 N–H and O–H groups in total. The molecule has 23 heavy (non-hydrogen) atoms. The number of hydrogen-bond acceptors (Lipinski definition) is 3. The van der Waals surface area contributed by atoms with Crippen LogP contribution in [0.4, 0.5) is 0 Å². The molecule has 2 bridgehead atoms. The third kappa shape index (κ3) is 2.78. The Bertz CT molecular complexity index is 748. The van der Waals surface area contributed by atoms with Gasteiger partial charge in [-0.1, -0.05) is 24.6 Å². The van der Waals surface area contributed by atoms with Crippen molar-refractivity contribution < 1.29 is 14.3 Å². The summed E-state index contributed by atoms with van der Waals surface area (Å²) < 4.78 is 5.24. The Hall–Kier alpha value is -2.10. The average molecular weight is 311 g/mol. The van der Waals surface area contributed by atoms with E-state index >= 15 is 0 Å². The molecule has 2 aromatic rings. The summed E-state index contributed by atoms with van der Waals surface area (Å²) in [6.07, 6.45) is 7.20. The number of aromatic amines is 1. The second-order valence-corrected chi connectivity index (χ2v) is 6.97. The minimum absolute atomic E-state index is 0.149. The molecule has 0 unspecified atom stereocenters. The van der Waals surface area contributed by atoms with Gasteiger partial charge in [-0.2, -0.15) is 0 Å². The first-order valence-electron chi connectivity index (χ1n) is 8.45. The Balaban J connectivity index is 1.33. The molecule has 1 aromatic heterocycles. The third-order valence-electron chi connectivity index (χ3n) is 5.57. The molecule has 2 aliphatic carbocycles. The van der Waals surface area contributed by atoms with E-state index in [2.05, 4.69) is 4.98 Å². The van der Waals surface area contributed by atoms with E-state index in [9.17, 15) is 9.59 Å². The maximum Gasteiger partial charge on any atom is 0.306 e. The first kappa shape index (κ1) is 14.5. The number of benzene rings is 1. The zero-order valence-corrected chi connectivity index (χ0v) is 13.1. The van der Waals surface area contributed by atoms with E-state index in [4.69, 9.17) is 4.74 Å². The van der Waals surface area contributed by atoms with E-state index in [1.165, 1.54) is 19.3 Å². The summed E-state index contributed by atoms with van der Waals surface area (Å²) in [6.45, 7) is -0.165.